The van der Waals surface area contributed by atoms with Gasteiger partial charge in [-0.1, -0.05) is 83.6 Å². The third kappa shape index (κ3) is 8.67. The molecule has 0 bridgehead atoms. The van der Waals surface area contributed by atoms with Crippen molar-refractivity contribution < 1.29 is 17.6 Å². The predicted octanol–water partition coefficient (Wildman–Crippen LogP) is 10.9. The SMILES string of the molecule is C=C(Nc1cc(-c2ccccc2C(F)(F)F)nc(C2CCCCC2)c1)c1ccc(F)cc1C.CCCCCC. The van der Waals surface area contributed by atoms with Crippen molar-refractivity contribution in [3.05, 3.63) is 89.4 Å². The van der Waals surface area contributed by atoms with Gasteiger partial charge in [-0.25, -0.2) is 4.39 Å². The number of rotatable bonds is 8. The van der Waals surface area contributed by atoms with Crippen LogP contribution in [0, 0.1) is 12.7 Å². The Morgan fingerprint density at radius 2 is 1.62 bits per heavy atom. The predicted molar refractivity (Wildman–Crippen MR) is 154 cm³/mol. The van der Waals surface area contributed by atoms with E-state index in [4.69, 9.17) is 4.98 Å². The zero-order valence-corrected chi connectivity index (χ0v) is 23.3. The van der Waals surface area contributed by atoms with Gasteiger partial charge in [-0.15, -0.1) is 0 Å². The second kappa shape index (κ2) is 14.3. The lowest BCUT2D eigenvalue weighted by atomic mass is 9.86. The number of hydrogen-bond acceptors (Lipinski definition) is 2. The summed E-state index contributed by atoms with van der Waals surface area (Å²) >= 11 is 0. The molecule has 6 heteroatoms. The number of pyridine rings is 1. The summed E-state index contributed by atoms with van der Waals surface area (Å²) in [5, 5.41) is 3.23. The summed E-state index contributed by atoms with van der Waals surface area (Å²) in [7, 11) is 0. The summed E-state index contributed by atoms with van der Waals surface area (Å²) in [5.74, 6) is -0.128. The molecule has 0 aliphatic heterocycles. The number of benzene rings is 2. The van der Waals surface area contributed by atoms with Gasteiger partial charge in [0.1, 0.15) is 5.82 Å². The standard InChI is InChI=1S/C27H26F4N2.C6H14/c1-17-14-20(28)12-13-22(17)18(2)32-21-15-25(19-8-4-3-5-9-19)33-26(16-21)23-10-6-7-11-24(23)27(29,30)31;1-3-5-6-4-2/h6-7,10-16,19H,2-5,8-9H2,1H3,(H,32,33);3-6H2,1-2H3. The van der Waals surface area contributed by atoms with Gasteiger partial charge in [0.05, 0.1) is 11.3 Å². The van der Waals surface area contributed by atoms with Crippen molar-refractivity contribution in [3.8, 4) is 11.3 Å². The van der Waals surface area contributed by atoms with Crippen LogP contribution in [0.2, 0.25) is 0 Å². The Labute approximate surface area is 230 Å². The summed E-state index contributed by atoms with van der Waals surface area (Å²) in [6, 6.07) is 13.5. The first-order chi connectivity index (χ1) is 18.6. The number of aryl methyl sites for hydroxylation is 1. The topological polar surface area (TPSA) is 24.9 Å². The van der Waals surface area contributed by atoms with E-state index in [1.165, 1.54) is 56.4 Å². The molecule has 1 N–H and O–H groups in total. The molecule has 0 unspecified atom stereocenters. The summed E-state index contributed by atoms with van der Waals surface area (Å²) in [4.78, 5) is 4.69. The smallest absolute Gasteiger partial charge is 0.355 e. The maximum absolute atomic E-state index is 13.7. The molecule has 2 nitrogen and oxygen atoms in total. The Morgan fingerprint density at radius 1 is 0.949 bits per heavy atom. The van der Waals surface area contributed by atoms with Crippen molar-refractivity contribution in [2.75, 3.05) is 5.32 Å². The van der Waals surface area contributed by atoms with Gasteiger partial charge >= 0.3 is 6.18 Å². The molecule has 0 atom stereocenters. The van der Waals surface area contributed by atoms with Gasteiger partial charge in [0, 0.05) is 34.1 Å². The summed E-state index contributed by atoms with van der Waals surface area (Å²) in [5.41, 5.74) is 3.02. The quantitative estimate of drug-likeness (QED) is 0.227. The normalized spacial score (nSPS) is 13.9. The second-order valence-corrected chi connectivity index (χ2v) is 10.3. The number of aromatic nitrogens is 1. The summed E-state index contributed by atoms with van der Waals surface area (Å²) < 4.78 is 54.7. The van der Waals surface area contributed by atoms with Crippen molar-refractivity contribution >= 4 is 11.4 Å². The third-order valence-electron chi connectivity index (χ3n) is 7.14. The molecule has 2 aromatic carbocycles. The van der Waals surface area contributed by atoms with Crippen LogP contribution in [-0.4, -0.2) is 4.98 Å². The second-order valence-electron chi connectivity index (χ2n) is 10.3. The highest BCUT2D eigenvalue weighted by atomic mass is 19.4. The van der Waals surface area contributed by atoms with Crippen molar-refractivity contribution in [1.82, 2.24) is 4.98 Å². The number of anilines is 1. The van der Waals surface area contributed by atoms with Gasteiger partial charge < -0.3 is 5.32 Å². The van der Waals surface area contributed by atoms with Crippen LogP contribution in [-0.2, 0) is 6.18 Å². The molecule has 210 valence electrons. The number of hydrogen-bond donors (Lipinski definition) is 1. The minimum absolute atomic E-state index is 0.0503. The van der Waals surface area contributed by atoms with Crippen LogP contribution in [0.5, 0.6) is 0 Å². The van der Waals surface area contributed by atoms with Crippen LogP contribution in [0.25, 0.3) is 17.0 Å². The third-order valence-corrected chi connectivity index (χ3v) is 7.14. The summed E-state index contributed by atoms with van der Waals surface area (Å²) in [6.45, 7) is 10.3. The Morgan fingerprint density at radius 3 is 2.23 bits per heavy atom. The highest BCUT2D eigenvalue weighted by Crippen LogP contribution is 2.39. The van der Waals surface area contributed by atoms with Crippen LogP contribution < -0.4 is 5.32 Å². The molecule has 0 spiro atoms. The molecule has 3 aromatic rings. The Bertz CT molecular complexity index is 1220. The fourth-order valence-corrected chi connectivity index (χ4v) is 5.03. The van der Waals surface area contributed by atoms with E-state index < -0.39 is 11.7 Å². The van der Waals surface area contributed by atoms with Crippen molar-refractivity contribution in [1.29, 1.82) is 0 Å². The monoisotopic (exact) mass is 540 g/mol. The molecule has 4 rings (SSSR count). The zero-order chi connectivity index (χ0) is 28.4. The average molecular weight is 541 g/mol. The maximum Gasteiger partial charge on any atom is 0.417 e. The number of halogens is 4. The van der Waals surface area contributed by atoms with Crippen LogP contribution >= 0.6 is 0 Å². The van der Waals surface area contributed by atoms with Crippen LogP contribution in [0.1, 0.15) is 99.9 Å². The molecule has 1 aromatic heterocycles. The molecule has 0 saturated heterocycles. The van der Waals surface area contributed by atoms with Gasteiger partial charge in [-0.05, 0) is 61.7 Å². The maximum atomic E-state index is 13.7. The Hall–Kier alpha value is -3.15. The highest BCUT2D eigenvalue weighted by Gasteiger charge is 2.34. The number of alkyl halides is 3. The van der Waals surface area contributed by atoms with Gasteiger partial charge in [0.25, 0.3) is 0 Å². The van der Waals surface area contributed by atoms with E-state index >= 15 is 0 Å². The minimum atomic E-state index is -4.48. The molecule has 1 heterocycles. The lowest BCUT2D eigenvalue weighted by Gasteiger charge is -2.23. The van der Waals surface area contributed by atoms with E-state index in [0.717, 1.165) is 48.6 Å². The first kappa shape index (κ1) is 30.4. The molecule has 1 aliphatic rings. The van der Waals surface area contributed by atoms with E-state index in [0.29, 0.717) is 11.4 Å². The first-order valence-electron chi connectivity index (χ1n) is 14.0. The van der Waals surface area contributed by atoms with Gasteiger partial charge in [0.2, 0.25) is 0 Å². The number of unbranched alkanes of at least 4 members (excludes halogenated alkanes) is 3. The lowest BCUT2D eigenvalue weighted by molar-refractivity contribution is -0.137. The molecule has 0 amide bonds. The van der Waals surface area contributed by atoms with Gasteiger partial charge in [-0.2, -0.15) is 13.2 Å². The molecule has 1 aliphatic carbocycles. The number of nitrogens with zero attached hydrogens (tertiary/aromatic N) is 1. The van der Waals surface area contributed by atoms with E-state index in [1.54, 1.807) is 25.1 Å². The molecule has 39 heavy (non-hydrogen) atoms. The van der Waals surface area contributed by atoms with Crippen molar-refractivity contribution in [3.63, 3.8) is 0 Å². The van der Waals surface area contributed by atoms with Gasteiger partial charge in [-0.3, -0.25) is 4.98 Å². The Balaban J connectivity index is 0.000000631. The molecular formula is C33H40F4N2. The molecule has 1 fully saturated rings. The first-order valence-corrected chi connectivity index (χ1v) is 14.0. The molecule has 1 saturated carbocycles. The van der Waals surface area contributed by atoms with Crippen LogP contribution in [0.15, 0.2) is 61.2 Å². The van der Waals surface area contributed by atoms with E-state index in [1.807, 2.05) is 6.07 Å². The zero-order valence-electron chi connectivity index (χ0n) is 23.3. The van der Waals surface area contributed by atoms with E-state index in [-0.39, 0.29) is 23.0 Å². The summed E-state index contributed by atoms with van der Waals surface area (Å²) in [6.07, 6.45) is 6.32. The van der Waals surface area contributed by atoms with Crippen molar-refractivity contribution in [2.45, 2.75) is 90.7 Å². The highest BCUT2D eigenvalue weighted by molar-refractivity contribution is 5.79. The van der Waals surface area contributed by atoms with Gasteiger partial charge in [0.15, 0.2) is 0 Å². The van der Waals surface area contributed by atoms with E-state index in [9.17, 15) is 17.6 Å². The number of nitrogens with one attached hydrogen (secondary N) is 1. The largest absolute Gasteiger partial charge is 0.417 e. The van der Waals surface area contributed by atoms with Crippen molar-refractivity contribution in [2.24, 2.45) is 0 Å². The lowest BCUT2D eigenvalue weighted by Crippen LogP contribution is -2.11. The molecule has 0 radical (unpaired) electrons. The average Bonchev–Trinajstić information content (AvgIpc) is 2.92. The van der Waals surface area contributed by atoms with Crippen LogP contribution in [0.4, 0.5) is 23.2 Å². The van der Waals surface area contributed by atoms with Crippen LogP contribution in [0.3, 0.4) is 0 Å². The van der Waals surface area contributed by atoms with E-state index in [2.05, 4.69) is 25.7 Å². The fraction of sp³-hybridized carbons (Fsp3) is 0.424. The Kier molecular flexibility index (Phi) is 11.1. The fourth-order valence-electron chi connectivity index (χ4n) is 5.03. The molecular weight excluding hydrogens is 500 g/mol. The minimum Gasteiger partial charge on any atom is -0.355 e.